The van der Waals surface area contributed by atoms with Crippen LogP contribution in [0, 0.1) is 0 Å². The van der Waals surface area contributed by atoms with Crippen molar-refractivity contribution in [3.63, 3.8) is 0 Å². The first-order valence-electron chi connectivity index (χ1n) is 4.90. The summed E-state index contributed by atoms with van der Waals surface area (Å²) in [4.78, 5) is 1.38. The van der Waals surface area contributed by atoms with E-state index in [1.165, 1.54) is 10.5 Å². The van der Waals surface area contributed by atoms with E-state index in [1.807, 2.05) is 11.8 Å². The van der Waals surface area contributed by atoms with E-state index in [-0.39, 0.29) is 12.6 Å². The molecule has 0 fully saturated rings. The lowest BCUT2D eigenvalue weighted by molar-refractivity contribution is 0.259. The van der Waals surface area contributed by atoms with Gasteiger partial charge in [0.1, 0.15) is 0 Å². The minimum atomic E-state index is -0.0678. The zero-order chi connectivity index (χ0) is 9.97. The van der Waals surface area contributed by atoms with Crippen molar-refractivity contribution in [2.75, 3.05) is 6.61 Å². The normalized spacial score (nSPS) is 22.0. The molecule has 2 nitrogen and oxygen atoms in total. The fraction of sp³-hybridized carbons (Fsp3) is 0.455. The number of aliphatic hydroxyl groups is 1. The standard InChI is InChI=1S/C11H15NOS/c12-9(7-13)6-10-5-8-3-1-2-4-11(8)14-10/h1-4,9-10,13H,5-7,12H2. The van der Waals surface area contributed by atoms with Crippen LogP contribution in [-0.2, 0) is 6.42 Å². The Balaban J connectivity index is 1.98. The lowest BCUT2D eigenvalue weighted by Gasteiger charge is -2.12. The Morgan fingerprint density at radius 1 is 1.50 bits per heavy atom. The Labute approximate surface area is 88.5 Å². The summed E-state index contributed by atoms with van der Waals surface area (Å²) in [6.45, 7) is 0.0907. The van der Waals surface area contributed by atoms with Gasteiger partial charge in [0.15, 0.2) is 0 Å². The molecule has 0 radical (unpaired) electrons. The van der Waals surface area contributed by atoms with Crippen LogP contribution in [0.15, 0.2) is 29.2 Å². The van der Waals surface area contributed by atoms with Crippen LogP contribution in [0.25, 0.3) is 0 Å². The Morgan fingerprint density at radius 3 is 3.00 bits per heavy atom. The van der Waals surface area contributed by atoms with E-state index in [1.54, 1.807) is 0 Å². The zero-order valence-corrected chi connectivity index (χ0v) is 8.83. The first kappa shape index (κ1) is 10.0. The Kier molecular flexibility index (Phi) is 3.11. The van der Waals surface area contributed by atoms with Crippen LogP contribution in [0.4, 0.5) is 0 Å². The Morgan fingerprint density at radius 2 is 2.29 bits per heavy atom. The van der Waals surface area contributed by atoms with Crippen LogP contribution in [0.1, 0.15) is 12.0 Å². The van der Waals surface area contributed by atoms with Gasteiger partial charge in [0.2, 0.25) is 0 Å². The predicted molar refractivity (Wildman–Crippen MR) is 59.5 cm³/mol. The molecule has 0 bridgehead atoms. The van der Waals surface area contributed by atoms with Crippen molar-refractivity contribution in [2.24, 2.45) is 5.73 Å². The third kappa shape index (κ3) is 2.11. The van der Waals surface area contributed by atoms with Crippen LogP contribution >= 0.6 is 11.8 Å². The molecule has 0 spiro atoms. The molecule has 14 heavy (non-hydrogen) atoms. The minimum absolute atomic E-state index is 0.0678. The highest BCUT2D eigenvalue weighted by Crippen LogP contribution is 2.38. The molecule has 0 saturated carbocycles. The average Bonchev–Trinajstić information content (AvgIpc) is 2.59. The summed E-state index contributed by atoms with van der Waals surface area (Å²) in [5.41, 5.74) is 7.15. The second-order valence-electron chi connectivity index (χ2n) is 3.73. The summed E-state index contributed by atoms with van der Waals surface area (Å²) < 4.78 is 0. The number of benzene rings is 1. The van der Waals surface area contributed by atoms with Crippen LogP contribution in [0.5, 0.6) is 0 Å². The largest absolute Gasteiger partial charge is 0.395 e. The molecule has 0 aromatic heterocycles. The number of thioether (sulfide) groups is 1. The average molecular weight is 209 g/mol. The Hall–Kier alpha value is -0.510. The van der Waals surface area contributed by atoms with Gasteiger partial charge in [-0.25, -0.2) is 0 Å². The third-order valence-corrected chi connectivity index (χ3v) is 3.86. The smallest absolute Gasteiger partial charge is 0.0582 e. The van der Waals surface area contributed by atoms with E-state index < -0.39 is 0 Å². The van der Waals surface area contributed by atoms with Gasteiger partial charge in [-0.1, -0.05) is 18.2 Å². The molecule has 1 aromatic carbocycles. The maximum Gasteiger partial charge on any atom is 0.0582 e. The van der Waals surface area contributed by atoms with Crippen molar-refractivity contribution < 1.29 is 5.11 Å². The van der Waals surface area contributed by atoms with Gasteiger partial charge in [0.05, 0.1) is 6.61 Å². The van der Waals surface area contributed by atoms with Crippen LogP contribution < -0.4 is 5.73 Å². The van der Waals surface area contributed by atoms with Gasteiger partial charge in [-0.05, 0) is 24.5 Å². The number of rotatable bonds is 3. The monoisotopic (exact) mass is 209 g/mol. The summed E-state index contributed by atoms with van der Waals surface area (Å²) in [5, 5.41) is 9.43. The lowest BCUT2D eigenvalue weighted by atomic mass is 10.1. The molecule has 3 heteroatoms. The van der Waals surface area contributed by atoms with Gasteiger partial charge >= 0.3 is 0 Å². The molecular formula is C11H15NOS. The highest BCUT2D eigenvalue weighted by Gasteiger charge is 2.23. The van der Waals surface area contributed by atoms with E-state index >= 15 is 0 Å². The fourth-order valence-corrected chi connectivity index (χ4v) is 3.22. The second kappa shape index (κ2) is 4.34. The SMILES string of the molecule is NC(CO)CC1Cc2ccccc2S1. The molecule has 0 saturated heterocycles. The summed E-state index contributed by atoms with van der Waals surface area (Å²) in [6.07, 6.45) is 1.99. The number of nitrogens with two attached hydrogens (primary N) is 1. The molecule has 3 N–H and O–H groups in total. The molecule has 1 aliphatic rings. The van der Waals surface area contributed by atoms with Crippen molar-refractivity contribution in [1.82, 2.24) is 0 Å². The van der Waals surface area contributed by atoms with Crippen LogP contribution in [0.3, 0.4) is 0 Å². The molecule has 1 aliphatic heterocycles. The molecule has 2 unspecified atom stereocenters. The first-order valence-corrected chi connectivity index (χ1v) is 5.78. The van der Waals surface area contributed by atoms with Gasteiger partial charge < -0.3 is 10.8 Å². The second-order valence-corrected chi connectivity index (χ2v) is 5.07. The van der Waals surface area contributed by atoms with Crippen molar-refractivity contribution in [3.05, 3.63) is 29.8 Å². The summed E-state index contributed by atoms with van der Waals surface area (Å²) in [7, 11) is 0. The van der Waals surface area contributed by atoms with Gasteiger partial charge in [-0.2, -0.15) is 0 Å². The molecular weight excluding hydrogens is 194 g/mol. The van der Waals surface area contributed by atoms with Crippen molar-refractivity contribution >= 4 is 11.8 Å². The van der Waals surface area contributed by atoms with Crippen LogP contribution in [0.2, 0.25) is 0 Å². The molecule has 2 atom stereocenters. The van der Waals surface area contributed by atoms with Crippen molar-refractivity contribution in [3.8, 4) is 0 Å². The van der Waals surface area contributed by atoms with Gasteiger partial charge in [-0.15, -0.1) is 11.8 Å². The highest BCUT2D eigenvalue weighted by atomic mass is 32.2. The molecule has 76 valence electrons. The van der Waals surface area contributed by atoms with Crippen LogP contribution in [-0.4, -0.2) is 23.0 Å². The van der Waals surface area contributed by atoms with E-state index in [9.17, 15) is 0 Å². The summed E-state index contributed by atoms with van der Waals surface area (Å²) in [6, 6.07) is 8.41. The van der Waals surface area contributed by atoms with E-state index in [4.69, 9.17) is 10.8 Å². The molecule has 0 aliphatic carbocycles. The lowest BCUT2D eigenvalue weighted by Crippen LogP contribution is -2.28. The highest BCUT2D eigenvalue weighted by molar-refractivity contribution is 8.00. The molecule has 2 rings (SSSR count). The third-order valence-electron chi connectivity index (χ3n) is 2.51. The van der Waals surface area contributed by atoms with E-state index in [0.29, 0.717) is 5.25 Å². The minimum Gasteiger partial charge on any atom is -0.395 e. The Bertz CT molecular complexity index is 291. The fourth-order valence-electron chi connectivity index (χ4n) is 1.80. The quantitative estimate of drug-likeness (QED) is 0.791. The molecule has 1 heterocycles. The zero-order valence-electron chi connectivity index (χ0n) is 8.02. The predicted octanol–water partition coefficient (Wildman–Crippen LogP) is 1.41. The number of aliphatic hydroxyl groups excluding tert-OH is 1. The van der Waals surface area contributed by atoms with Crippen molar-refractivity contribution in [2.45, 2.75) is 29.0 Å². The number of hydrogen-bond donors (Lipinski definition) is 2. The summed E-state index contributed by atoms with van der Waals surface area (Å²) in [5.74, 6) is 0. The topological polar surface area (TPSA) is 46.2 Å². The maximum atomic E-state index is 8.88. The number of fused-ring (bicyclic) bond motifs is 1. The van der Waals surface area contributed by atoms with Gasteiger partial charge in [0.25, 0.3) is 0 Å². The van der Waals surface area contributed by atoms with Crippen molar-refractivity contribution in [1.29, 1.82) is 0 Å². The van der Waals surface area contributed by atoms with Gasteiger partial charge in [-0.3, -0.25) is 0 Å². The molecule has 1 aromatic rings. The van der Waals surface area contributed by atoms with E-state index in [2.05, 4.69) is 24.3 Å². The number of hydrogen-bond acceptors (Lipinski definition) is 3. The van der Waals surface area contributed by atoms with Gasteiger partial charge in [0, 0.05) is 16.2 Å². The van der Waals surface area contributed by atoms with E-state index in [0.717, 1.165) is 12.8 Å². The maximum absolute atomic E-state index is 8.88. The summed E-state index contributed by atoms with van der Waals surface area (Å²) >= 11 is 1.89. The molecule has 0 amide bonds. The first-order chi connectivity index (χ1) is 6.79.